The highest BCUT2D eigenvalue weighted by Gasteiger charge is 2.16. The largest absolute Gasteiger partial charge is 0.375 e. The number of anilines is 1. The van der Waals surface area contributed by atoms with Gasteiger partial charge in [0.1, 0.15) is 5.69 Å². The van der Waals surface area contributed by atoms with Crippen molar-refractivity contribution in [3.63, 3.8) is 0 Å². The molecule has 2 aromatic carbocycles. The quantitative estimate of drug-likeness (QED) is 0.643. The molecule has 0 saturated heterocycles. The number of nitro groups is 1. The molecule has 3 N–H and O–H groups in total. The first-order chi connectivity index (χ1) is 10.0. The summed E-state index contributed by atoms with van der Waals surface area (Å²) in [5, 5.41) is 14.5. The molecular formula is C14H13Cl2N3O2. The zero-order valence-corrected chi connectivity index (χ0v) is 12.5. The van der Waals surface area contributed by atoms with Crippen molar-refractivity contribution in [3.05, 3.63) is 67.7 Å². The molecule has 2 aromatic rings. The Hall–Kier alpha value is -1.82. The molecular weight excluding hydrogens is 313 g/mol. The van der Waals surface area contributed by atoms with E-state index < -0.39 is 4.92 Å². The van der Waals surface area contributed by atoms with Crippen LogP contribution in [0, 0.1) is 10.1 Å². The van der Waals surface area contributed by atoms with E-state index >= 15 is 0 Å². The number of nitrogens with two attached hydrogens (primary N) is 1. The lowest BCUT2D eigenvalue weighted by atomic mass is 10.1. The minimum atomic E-state index is -0.498. The number of rotatable bonds is 5. The zero-order valence-electron chi connectivity index (χ0n) is 11.0. The Balaban J connectivity index is 2.18. The molecule has 0 aromatic heterocycles. The molecule has 0 fully saturated rings. The van der Waals surface area contributed by atoms with E-state index in [0.717, 1.165) is 11.1 Å². The summed E-state index contributed by atoms with van der Waals surface area (Å²) in [5.41, 5.74) is 7.76. The maximum Gasteiger partial charge on any atom is 0.293 e. The van der Waals surface area contributed by atoms with Crippen molar-refractivity contribution in [2.75, 3.05) is 5.32 Å². The number of nitro benzene ring substituents is 1. The van der Waals surface area contributed by atoms with Crippen molar-refractivity contribution in [2.45, 2.75) is 13.1 Å². The number of benzene rings is 2. The number of halogens is 2. The van der Waals surface area contributed by atoms with Gasteiger partial charge in [-0.3, -0.25) is 10.1 Å². The SMILES string of the molecule is NCc1ccc(CNc2cc(Cl)c(Cl)cc2[N+](=O)[O-])cc1. The van der Waals surface area contributed by atoms with Gasteiger partial charge in [-0.05, 0) is 17.2 Å². The third-order valence-electron chi connectivity index (χ3n) is 2.98. The van der Waals surface area contributed by atoms with Crippen molar-refractivity contribution in [3.8, 4) is 0 Å². The van der Waals surface area contributed by atoms with Crippen LogP contribution in [0.5, 0.6) is 0 Å². The van der Waals surface area contributed by atoms with Crippen LogP contribution in [0.2, 0.25) is 10.0 Å². The summed E-state index contributed by atoms with van der Waals surface area (Å²) in [7, 11) is 0. The van der Waals surface area contributed by atoms with E-state index in [-0.39, 0.29) is 15.7 Å². The fraction of sp³-hybridized carbons (Fsp3) is 0.143. The Bertz CT molecular complexity index is 660. The smallest absolute Gasteiger partial charge is 0.293 e. The molecule has 0 unspecified atom stereocenters. The third kappa shape index (κ3) is 3.85. The fourth-order valence-electron chi connectivity index (χ4n) is 1.82. The highest BCUT2D eigenvalue weighted by molar-refractivity contribution is 6.42. The van der Waals surface area contributed by atoms with Gasteiger partial charge in [-0.15, -0.1) is 0 Å². The van der Waals surface area contributed by atoms with Crippen LogP contribution in [0.25, 0.3) is 0 Å². The third-order valence-corrected chi connectivity index (χ3v) is 3.70. The molecule has 2 rings (SSSR count). The van der Waals surface area contributed by atoms with Gasteiger partial charge >= 0.3 is 0 Å². The van der Waals surface area contributed by atoms with Gasteiger partial charge in [0.15, 0.2) is 0 Å². The highest BCUT2D eigenvalue weighted by atomic mass is 35.5. The normalized spacial score (nSPS) is 10.4. The first-order valence-corrected chi connectivity index (χ1v) is 6.92. The molecule has 5 nitrogen and oxygen atoms in total. The van der Waals surface area contributed by atoms with Crippen molar-refractivity contribution in [2.24, 2.45) is 5.73 Å². The topological polar surface area (TPSA) is 81.2 Å². The molecule has 0 heterocycles. The Morgan fingerprint density at radius 1 is 1.10 bits per heavy atom. The molecule has 0 amide bonds. The van der Waals surface area contributed by atoms with Gasteiger partial charge in [-0.25, -0.2) is 0 Å². The molecule has 21 heavy (non-hydrogen) atoms. The number of hydrogen-bond donors (Lipinski definition) is 2. The molecule has 0 radical (unpaired) electrons. The Morgan fingerprint density at radius 2 is 1.67 bits per heavy atom. The van der Waals surface area contributed by atoms with E-state index in [1.54, 1.807) is 0 Å². The summed E-state index contributed by atoms with van der Waals surface area (Å²) in [4.78, 5) is 10.5. The van der Waals surface area contributed by atoms with Crippen molar-refractivity contribution >= 4 is 34.6 Å². The number of nitrogens with one attached hydrogen (secondary N) is 1. The molecule has 0 bridgehead atoms. The van der Waals surface area contributed by atoms with Crippen LogP contribution in [0.4, 0.5) is 11.4 Å². The van der Waals surface area contributed by atoms with E-state index in [1.807, 2.05) is 24.3 Å². The van der Waals surface area contributed by atoms with Crippen LogP contribution in [-0.4, -0.2) is 4.92 Å². The monoisotopic (exact) mass is 325 g/mol. The summed E-state index contributed by atoms with van der Waals surface area (Å²) in [6.45, 7) is 0.912. The Morgan fingerprint density at radius 3 is 2.24 bits per heavy atom. The number of hydrogen-bond acceptors (Lipinski definition) is 4. The molecule has 7 heteroatoms. The second kappa shape index (κ2) is 6.76. The van der Waals surface area contributed by atoms with Crippen molar-refractivity contribution in [1.29, 1.82) is 0 Å². The van der Waals surface area contributed by atoms with E-state index in [4.69, 9.17) is 28.9 Å². The minimum absolute atomic E-state index is 0.108. The van der Waals surface area contributed by atoms with Crippen LogP contribution in [0.3, 0.4) is 0 Å². The second-order valence-corrected chi connectivity index (χ2v) is 5.23. The van der Waals surface area contributed by atoms with Crippen LogP contribution in [-0.2, 0) is 13.1 Å². The summed E-state index contributed by atoms with van der Waals surface area (Å²) >= 11 is 11.7. The van der Waals surface area contributed by atoms with Crippen LogP contribution in [0.1, 0.15) is 11.1 Å². The highest BCUT2D eigenvalue weighted by Crippen LogP contribution is 2.34. The lowest BCUT2D eigenvalue weighted by Gasteiger charge is -2.09. The van der Waals surface area contributed by atoms with Gasteiger partial charge in [0.25, 0.3) is 5.69 Å². The summed E-state index contributed by atoms with van der Waals surface area (Å²) in [6, 6.07) is 10.4. The van der Waals surface area contributed by atoms with Crippen LogP contribution >= 0.6 is 23.2 Å². The summed E-state index contributed by atoms with van der Waals surface area (Å²) in [5.74, 6) is 0. The average Bonchev–Trinajstić information content (AvgIpc) is 2.48. The van der Waals surface area contributed by atoms with Crippen molar-refractivity contribution in [1.82, 2.24) is 0 Å². The second-order valence-electron chi connectivity index (χ2n) is 4.41. The molecule has 0 saturated carbocycles. The Labute approximate surface area is 131 Å². The van der Waals surface area contributed by atoms with E-state index in [9.17, 15) is 10.1 Å². The van der Waals surface area contributed by atoms with E-state index in [0.29, 0.717) is 18.8 Å². The Kier molecular flexibility index (Phi) is 5.01. The molecule has 0 aliphatic rings. The maximum atomic E-state index is 11.0. The predicted octanol–water partition coefficient (Wildman–Crippen LogP) is 3.97. The van der Waals surface area contributed by atoms with Crippen LogP contribution in [0.15, 0.2) is 36.4 Å². The summed E-state index contributed by atoms with van der Waals surface area (Å²) in [6.07, 6.45) is 0. The standard InChI is InChI=1S/C14H13Cl2N3O2/c15-11-5-13(14(19(20)21)6-12(11)16)18-8-10-3-1-9(7-17)2-4-10/h1-6,18H,7-8,17H2. The van der Waals surface area contributed by atoms with Gasteiger partial charge in [0, 0.05) is 19.2 Å². The lowest BCUT2D eigenvalue weighted by Crippen LogP contribution is -2.03. The first kappa shape index (κ1) is 15.6. The van der Waals surface area contributed by atoms with Gasteiger partial charge in [-0.1, -0.05) is 47.5 Å². The number of nitrogens with zero attached hydrogens (tertiary/aromatic N) is 1. The average molecular weight is 326 g/mol. The van der Waals surface area contributed by atoms with Gasteiger partial charge in [0.05, 0.1) is 15.0 Å². The summed E-state index contributed by atoms with van der Waals surface area (Å²) < 4.78 is 0. The predicted molar refractivity (Wildman–Crippen MR) is 84.8 cm³/mol. The van der Waals surface area contributed by atoms with Gasteiger partial charge in [0.2, 0.25) is 0 Å². The molecule has 0 atom stereocenters. The van der Waals surface area contributed by atoms with E-state index in [2.05, 4.69) is 5.32 Å². The molecule has 110 valence electrons. The lowest BCUT2D eigenvalue weighted by molar-refractivity contribution is -0.383. The van der Waals surface area contributed by atoms with Crippen LogP contribution < -0.4 is 11.1 Å². The molecule has 0 aliphatic carbocycles. The van der Waals surface area contributed by atoms with E-state index in [1.165, 1.54) is 12.1 Å². The zero-order chi connectivity index (χ0) is 15.4. The van der Waals surface area contributed by atoms with Gasteiger partial charge in [-0.2, -0.15) is 0 Å². The molecule has 0 aliphatic heterocycles. The minimum Gasteiger partial charge on any atom is -0.375 e. The fourth-order valence-corrected chi connectivity index (χ4v) is 2.14. The van der Waals surface area contributed by atoms with Crippen molar-refractivity contribution < 1.29 is 4.92 Å². The first-order valence-electron chi connectivity index (χ1n) is 6.16. The van der Waals surface area contributed by atoms with Gasteiger partial charge < -0.3 is 11.1 Å². The maximum absolute atomic E-state index is 11.0. The molecule has 0 spiro atoms.